The molecule has 0 N–H and O–H groups in total. The molecule has 0 aromatic carbocycles. The van der Waals surface area contributed by atoms with Crippen LogP contribution in [0.5, 0.6) is 11.6 Å². The highest BCUT2D eigenvalue weighted by Crippen LogP contribution is 2.39. The second kappa shape index (κ2) is 4.10. The quantitative estimate of drug-likeness (QED) is 0.817. The van der Waals surface area contributed by atoms with Crippen LogP contribution in [0.1, 0.15) is 24.6 Å². The van der Waals surface area contributed by atoms with Crippen LogP contribution >= 0.6 is 15.9 Å². The summed E-state index contributed by atoms with van der Waals surface area (Å²) in [5, 5.41) is 4.04. The van der Waals surface area contributed by atoms with E-state index in [1.165, 1.54) is 12.8 Å². The van der Waals surface area contributed by atoms with Crippen LogP contribution in [-0.2, 0) is 7.05 Å². The molecule has 2 heterocycles. The predicted octanol–water partition coefficient (Wildman–Crippen LogP) is 2.64. The van der Waals surface area contributed by atoms with Crippen molar-refractivity contribution in [2.75, 3.05) is 0 Å². The van der Waals surface area contributed by atoms with E-state index in [0.717, 1.165) is 10.4 Å². The minimum atomic E-state index is 0.503. The Balaban J connectivity index is 1.86. The van der Waals surface area contributed by atoms with Crippen LogP contribution in [0.4, 0.5) is 0 Å². The number of aromatic nitrogens is 4. The van der Waals surface area contributed by atoms with Crippen LogP contribution in [0.25, 0.3) is 0 Å². The Labute approximate surface area is 107 Å². The second-order valence-corrected chi connectivity index (χ2v) is 4.93. The first-order valence-corrected chi connectivity index (χ1v) is 6.21. The van der Waals surface area contributed by atoms with Gasteiger partial charge in [0.1, 0.15) is 10.4 Å². The average molecular weight is 295 g/mol. The van der Waals surface area contributed by atoms with E-state index in [4.69, 9.17) is 4.74 Å². The van der Waals surface area contributed by atoms with Gasteiger partial charge < -0.3 is 4.74 Å². The van der Waals surface area contributed by atoms with Crippen molar-refractivity contribution in [1.29, 1.82) is 0 Å². The lowest BCUT2D eigenvalue weighted by molar-refractivity contribution is 0.457. The van der Waals surface area contributed by atoms with Crippen molar-refractivity contribution in [2.24, 2.45) is 7.05 Å². The summed E-state index contributed by atoms with van der Waals surface area (Å²) >= 11 is 3.38. The Morgan fingerprint density at radius 1 is 1.41 bits per heavy atom. The molecule has 1 aliphatic carbocycles. The summed E-state index contributed by atoms with van der Waals surface area (Å²) in [7, 11) is 1.85. The molecule has 1 saturated carbocycles. The van der Waals surface area contributed by atoms with Gasteiger partial charge in [-0.3, -0.25) is 4.68 Å². The Bertz CT molecular complexity index is 550. The molecule has 2 aromatic rings. The van der Waals surface area contributed by atoms with Gasteiger partial charge >= 0.3 is 0 Å². The number of aryl methyl sites for hydroxylation is 1. The Kier molecular flexibility index (Phi) is 2.58. The Morgan fingerprint density at radius 3 is 2.88 bits per heavy atom. The number of hydrogen-bond acceptors (Lipinski definition) is 4. The molecule has 0 amide bonds. The van der Waals surface area contributed by atoms with Crippen molar-refractivity contribution in [2.45, 2.75) is 18.8 Å². The predicted molar refractivity (Wildman–Crippen MR) is 65.0 cm³/mol. The first-order chi connectivity index (χ1) is 8.20. The van der Waals surface area contributed by atoms with Crippen LogP contribution in [-0.4, -0.2) is 19.7 Å². The van der Waals surface area contributed by atoms with E-state index >= 15 is 0 Å². The maximum Gasteiger partial charge on any atom is 0.223 e. The van der Waals surface area contributed by atoms with Gasteiger partial charge in [-0.1, -0.05) is 0 Å². The Morgan fingerprint density at radius 2 is 2.24 bits per heavy atom. The van der Waals surface area contributed by atoms with Crippen LogP contribution < -0.4 is 4.74 Å². The summed E-state index contributed by atoms with van der Waals surface area (Å²) in [6.07, 6.45) is 5.80. The summed E-state index contributed by atoms with van der Waals surface area (Å²) in [6, 6.07) is 1.76. The molecule has 0 spiro atoms. The summed E-state index contributed by atoms with van der Waals surface area (Å²) in [5.41, 5.74) is 0. The van der Waals surface area contributed by atoms with Crippen molar-refractivity contribution in [3.63, 3.8) is 0 Å². The molecule has 1 aliphatic rings. The van der Waals surface area contributed by atoms with Gasteiger partial charge in [-0.05, 0) is 28.8 Å². The maximum atomic E-state index is 5.63. The van der Waals surface area contributed by atoms with Crippen LogP contribution in [0, 0.1) is 0 Å². The number of hydrogen-bond donors (Lipinski definition) is 0. The fourth-order valence-electron chi connectivity index (χ4n) is 1.56. The average Bonchev–Trinajstić information content (AvgIpc) is 3.03. The molecule has 0 bridgehead atoms. The van der Waals surface area contributed by atoms with Crippen molar-refractivity contribution < 1.29 is 4.74 Å². The first-order valence-electron chi connectivity index (χ1n) is 5.42. The summed E-state index contributed by atoms with van der Waals surface area (Å²) in [6.45, 7) is 0. The molecule has 3 rings (SSSR count). The Hall–Kier alpha value is -1.43. The molecule has 1 fully saturated rings. The number of nitrogens with zero attached hydrogens (tertiary/aromatic N) is 4. The van der Waals surface area contributed by atoms with Crippen molar-refractivity contribution >= 4 is 15.9 Å². The van der Waals surface area contributed by atoms with E-state index in [9.17, 15) is 0 Å². The van der Waals surface area contributed by atoms with Crippen LogP contribution in [0.3, 0.4) is 0 Å². The summed E-state index contributed by atoms with van der Waals surface area (Å²) in [5.74, 6) is 2.60. The highest BCUT2D eigenvalue weighted by atomic mass is 79.9. The van der Waals surface area contributed by atoms with Crippen LogP contribution in [0.15, 0.2) is 23.1 Å². The number of ether oxygens (including phenoxy) is 1. The largest absolute Gasteiger partial charge is 0.436 e. The molecule has 17 heavy (non-hydrogen) atoms. The zero-order valence-corrected chi connectivity index (χ0v) is 10.9. The molecule has 88 valence electrons. The summed E-state index contributed by atoms with van der Waals surface area (Å²) < 4.78 is 8.08. The third kappa shape index (κ3) is 2.46. The third-order valence-corrected chi connectivity index (χ3v) is 2.94. The van der Waals surface area contributed by atoms with Gasteiger partial charge in [-0.2, -0.15) is 10.1 Å². The maximum absolute atomic E-state index is 5.63. The van der Waals surface area contributed by atoms with Gasteiger partial charge in [0, 0.05) is 19.0 Å². The highest BCUT2D eigenvalue weighted by Gasteiger charge is 2.27. The van der Waals surface area contributed by atoms with E-state index in [1.807, 2.05) is 7.05 Å². The minimum Gasteiger partial charge on any atom is -0.436 e. The number of rotatable bonds is 3. The van der Waals surface area contributed by atoms with E-state index in [1.54, 1.807) is 23.1 Å². The van der Waals surface area contributed by atoms with E-state index < -0.39 is 0 Å². The standard InChI is InChI=1S/C11H11BrN4O/c1-16-6-8(5-13-16)17-10-4-9(12)14-11(15-10)7-2-3-7/h4-7H,2-3H2,1H3. The molecule has 0 aliphatic heterocycles. The first kappa shape index (κ1) is 10.7. The van der Waals surface area contributed by atoms with Gasteiger partial charge in [0.2, 0.25) is 5.88 Å². The van der Waals surface area contributed by atoms with E-state index in [0.29, 0.717) is 17.5 Å². The second-order valence-electron chi connectivity index (χ2n) is 4.11. The third-order valence-electron chi connectivity index (χ3n) is 2.53. The lowest BCUT2D eigenvalue weighted by Gasteiger charge is -2.04. The fourth-order valence-corrected chi connectivity index (χ4v) is 1.94. The lowest BCUT2D eigenvalue weighted by atomic mass is 10.4. The number of halogens is 1. The lowest BCUT2D eigenvalue weighted by Crippen LogP contribution is -1.96. The SMILES string of the molecule is Cn1cc(Oc2cc(Br)nc(C3CC3)n2)cn1. The van der Waals surface area contributed by atoms with Gasteiger partial charge in [0.25, 0.3) is 0 Å². The molecule has 2 aromatic heterocycles. The van der Waals surface area contributed by atoms with Crippen molar-refractivity contribution in [3.05, 3.63) is 28.9 Å². The summed E-state index contributed by atoms with van der Waals surface area (Å²) in [4.78, 5) is 8.75. The van der Waals surface area contributed by atoms with Gasteiger partial charge in [0.15, 0.2) is 5.75 Å². The van der Waals surface area contributed by atoms with E-state index in [2.05, 4.69) is 31.0 Å². The minimum absolute atomic E-state index is 0.503. The van der Waals surface area contributed by atoms with Crippen molar-refractivity contribution in [3.8, 4) is 11.6 Å². The molecule has 0 radical (unpaired) electrons. The molecular formula is C11H11BrN4O. The van der Waals surface area contributed by atoms with Crippen molar-refractivity contribution in [1.82, 2.24) is 19.7 Å². The molecular weight excluding hydrogens is 284 g/mol. The van der Waals surface area contributed by atoms with Crippen LogP contribution in [0.2, 0.25) is 0 Å². The molecule has 6 heteroatoms. The van der Waals surface area contributed by atoms with Gasteiger partial charge in [-0.25, -0.2) is 4.98 Å². The normalized spacial score (nSPS) is 14.9. The zero-order chi connectivity index (χ0) is 11.8. The molecule has 0 unspecified atom stereocenters. The van der Waals surface area contributed by atoms with E-state index in [-0.39, 0.29) is 0 Å². The monoisotopic (exact) mass is 294 g/mol. The fraction of sp³-hybridized carbons (Fsp3) is 0.364. The highest BCUT2D eigenvalue weighted by molar-refractivity contribution is 9.10. The molecule has 0 atom stereocenters. The smallest absolute Gasteiger partial charge is 0.223 e. The molecule has 5 nitrogen and oxygen atoms in total. The van der Waals surface area contributed by atoms with Gasteiger partial charge in [-0.15, -0.1) is 0 Å². The van der Waals surface area contributed by atoms with Gasteiger partial charge in [0.05, 0.1) is 12.4 Å². The zero-order valence-electron chi connectivity index (χ0n) is 9.30. The topological polar surface area (TPSA) is 52.8 Å². The molecule has 0 saturated heterocycles.